The molecule has 0 unspecified atom stereocenters. The number of rotatable bonds is 6. The molecule has 98 valence electrons. The second-order valence-corrected chi connectivity index (χ2v) is 4.74. The van der Waals surface area contributed by atoms with Crippen molar-refractivity contribution in [3.8, 4) is 0 Å². The van der Waals surface area contributed by atoms with E-state index in [0.29, 0.717) is 25.6 Å². The number of hydrogen-bond acceptors (Lipinski definition) is 2. The lowest BCUT2D eigenvalue weighted by atomic mass is 10.2. The van der Waals surface area contributed by atoms with E-state index in [4.69, 9.17) is 0 Å². The van der Waals surface area contributed by atoms with Gasteiger partial charge in [0.1, 0.15) is 5.82 Å². The molecule has 1 aromatic rings. The maximum Gasteiger partial charge on any atom is 0.224 e. The fraction of sp³-hybridized carbons (Fsp3) is 0.500. The molecule has 1 N–H and O–H groups in total. The number of nitrogens with zero attached hydrogens (tertiary/aromatic N) is 1. The monoisotopic (exact) mass is 250 g/mol. The van der Waals surface area contributed by atoms with Gasteiger partial charge in [-0.25, -0.2) is 4.39 Å². The summed E-state index contributed by atoms with van der Waals surface area (Å²) in [6, 6.07) is 6.84. The summed E-state index contributed by atoms with van der Waals surface area (Å²) in [5, 5.41) is 2.98. The molecule has 3 nitrogen and oxygen atoms in total. The van der Waals surface area contributed by atoms with Crippen molar-refractivity contribution in [2.45, 2.75) is 31.8 Å². The predicted octanol–water partition coefficient (Wildman–Crippen LogP) is 1.93. The van der Waals surface area contributed by atoms with E-state index in [1.807, 2.05) is 18.0 Å². The van der Waals surface area contributed by atoms with Crippen molar-refractivity contribution in [2.75, 3.05) is 13.6 Å². The van der Waals surface area contributed by atoms with E-state index in [1.165, 1.54) is 12.1 Å². The number of carbonyl (C=O) groups excluding carboxylic acids is 1. The fourth-order valence-electron chi connectivity index (χ4n) is 2.01. The first-order valence-corrected chi connectivity index (χ1v) is 6.39. The Morgan fingerprint density at radius 3 is 2.89 bits per heavy atom. The van der Waals surface area contributed by atoms with Crippen molar-refractivity contribution in [1.82, 2.24) is 10.2 Å². The van der Waals surface area contributed by atoms with Crippen molar-refractivity contribution >= 4 is 5.91 Å². The molecule has 0 radical (unpaired) electrons. The van der Waals surface area contributed by atoms with Crippen LogP contribution >= 0.6 is 0 Å². The summed E-state index contributed by atoms with van der Waals surface area (Å²) >= 11 is 0. The molecule has 0 bridgehead atoms. The molecule has 4 heteroatoms. The Bertz CT molecular complexity index is 418. The van der Waals surface area contributed by atoms with Crippen LogP contribution in [0.15, 0.2) is 24.3 Å². The normalized spacial score (nSPS) is 14.6. The zero-order valence-electron chi connectivity index (χ0n) is 10.7. The van der Waals surface area contributed by atoms with Crippen molar-refractivity contribution in [3.05, 3.63) is 35.6 Å². The number of benzene rings is 1. The van der Waals surface area contributed by atoms with E-state index in [2.05, 4.69) is 5.32 Å². The molecular weight excluding hydrogens is 231 g/mol. The maximum absolute atomic E-state index is 13.1. The second-order valence-electron chi connectivity index (χ2n) is 4.74. The molecule has 1 amide bonds. The summed E-state index contributed by atoms with van der Waals surface area (Å²) in [4.78, 5) is 13.9. The first kappa shape index (κ1) is 13.0. The molecule has 1 saturated carbocycles. The molecule has 0 aliphatic heterocycles. The molecule has 2 rings (SSSR count). The van der Waals surface area contributed by atoms with Crippen molar-refractivity contribution in [2.24, 2.45) is 0 Å². The average molecular weight is 250 g/mol. The van der Waals surface area contributed by atoms with E-state index >= 15 is 0 Å². The van der Waals surface area contributed by atoms with Crippen LogP contribution in [0, 0.1) is 5.82 Å². The molecule has 1 aliphatic carbocycles. The Morgan fingerprint density at radius 1 is 1.50 bits per heavy atom. The van der Waals surface area contributed by atoms with Crippen LogP contribution in [0.5, 0.6) is 0 Å². The van der Waals surface area contributed by atoms with Crippen LogP contribution in [0.25, 0.3) is 0 Å². The number of hydrogen-bond donors (Lipinski definition) is 1. The van der Waals surface area contributed by atoms with Crippen LogP contribution in [0.2, 0.25) is 0 Å². The Morgan fingerprint density at radius 2 is 2.28 bits per heavy atom. The molecule has 0 saturated heterocycles. The number of amides is 1. The molecule has 1 aliphatic rings. The van der Waals surface area contributed by atoms with Crippen LogP contribution in [-0.2, 0) is 11.3 Å². The minimum absolute atomic E-state index is 0.149. The average Bonchev–Trinajstić information content (AvgIpc) is 3.17. The van der Waals surface area contributed by atoms with Gasteiger partial charge in [0.25, 0.3) is 0 Å². The van der Waals surface area contributed by atoms with Crippen LogP contribution in [0.3, 0.4) is 0 Å². The molecule has 1 aromatic carbocycles. The highest BCUT2D eigenvalue weighted by Gasteiger charge is 2.32. The number of halogens is 1. The van der Waals surface area contributed by atoms with E-state index in [0.717, 1.165) is 18.4 Å². The van der Waals surface area contributed by atoms with Crippen LogP contribution < -0.4 is 5.32 Å². The van der Waals surface area contributed by atoms with Gasteiger partial charge in [0.15, 0.2) is 0 Å². The topological polar surface area (TPSA) is 32.3 Å². The van der Waals surface area contributed by atoms with Gasteiger partial charge < -0.3 is 10.2 Å². The van der Waals surface area contributed by atoms with Crippen LogP contribution in [0.1, 0.15) is 24.8 Å². The van der Waals surface area contributed by atoms with Gasteiger partial charge in [-0.1, -0.05) is 12.1 Å². The Kier molecular flexibility index (Phi) is 4.31. The first-order chi connectivity index (χ1) is 8.70. The van der Waals surface area contributed by atoms with Crippen molar-refractivity contribution in [1.29, 1.82) is 0 Å². The molecule has 0 heterocycles. The first-order valence-electron chi connectivity index (χ1n) is 6.39. The quantitative estimate of drug-likeness (QED) is 0.836. The lowest BCUT2D eigenvalue weighted by Crippen LogP contribution is -2.34. The van der Waals surface area contributed by atoms with Crippen molar-refractivity contribution in [3.63, 3.8) is 0 Å². The van der Waals surface area contributed by atoms with E-state index in [9.17, 15) is 9.18 Å². The molecule has 0 aromatic heterocycles. The third-order valence-electron chi connectivity index (χ3n) is 3.14. The van der Waals surface area contributed by atoms with Gasteiger partial charge in [-0.05, 0) is 37.6 Å². The predicted molar refractivity (Wildman–Crippen MR) is 68.5 cm³/mol. The number of nitrogens with one attached hydrogen (secondary N) is 1. The molecule has 18 heavy (non-hydrogen) atoms. The van der Waals surface area contributed by atoms with Gasteiger partial charge in [-0.3, -0.25) is 4.79 Å². The Balaban J connectivity index is 2.00. The van der Waals surface area contributed by atoms with Crippen LogP contribution in [-0.4, -0.2) is 30.4 Å². The third kappa shape index (κ3) is 3.53. The van der Waals surface area contributed by atoms with E-state index in [-0.39, 0.29) is 11.7 Å². The lowest BCUT2D eigenvalue weighted by Gasteiger charge is -2.22. The summed E-state index contributed by atoms with van der Waals surface area (Å²) in [7, 11) is 1.83. The molecule has 1 fully saturated rings. The Hall–Kier alpha value is -1.42. The minimum atomic E-state index is -0.245. The maximum atomic E-state index is 13.1. The van der Waals surface area contributed by atoms with Gasteiger partial charge in [0.2, 0.25) is 5.91 Å². The highest BCUT2D eigenvalue weighted by molar-refractivity contribution is 5.77. The Labute approximate surface area is 107 Å². The van der Waals surface area contributed by atoms with Gasteiger partial charge >= 0.3 is 0 Å². The van der Waals surface area contributed by atoms with Gasteiger partial charge in [-0.15, -0.1) is 0 Å². The lowest BCUT2D eigenvalue weighted by molar-refractivity contribution is -0.132. The van der Waals surface area contributed by atoms with Gasteiger partial charge in [0, 0.05) is 25.6 Å². The summed E-state index contributed by atoms with van der Waals surface area (Å²) in [5.41, 5.74) is 0.861. The molecule has 0 spiro atoms. The van der Waals surface area contributed by atoms with E-state index < -0.39 is 0 Å². The summed E-state index contributed by atoms with van der Waals surface area (Å²) < 4.78 is 13.1. The number of carbonyl (C=O) groups is 1. The molecular formula is C14H19FN2O. The summed E-state index contributed by atoms with van der Waals surface area (Å²) in [6.07, 6.45) is 2.64. The summed E-state index contributed by atoms with van der Waals surface area (Å²) in [5.74, 6) is -0.0953. The van der Waals surface area contributed by atoms with Gasteiger partial charge in [-0.2, -0.15) is 0 Å². The van der Waals surface area contributed by atoms with Crippen LogP contribution in [0.4, 0.5) is 4.39 Å². The summed E-state index contributed by atoms with van der Waals surface area (Å²) in [6.45, 7) is 1.20. The molecule has 0 atom stereocenters. The fourth-order valence-corrected chi connectivity index (χ4v) is 2.01. The van der Waals surface area contributed by atoms with E-state index in [1.54, 1.807) is 6.07 Å². The smallest absolute Gasteiger partial charge is 0.224 e. The highest BCUT2D eigenvalue weighted by Crippen LogP contribution is 2.29. The largest absolute Gasteiger partial charge is 0.335 e. The minimum Gasteiger partial charge on any atom is -0.335 e. The van der Waals surface area contributed by atoms with Gasteiger partial charge in [0.05, 0.1) is 0 Å². The highest BCUT2D eigenvalue weighted by atomic mass is 19.1. The third-order valence-corrected chi connectivity index (χ3v) is 3.14. The SMILES string of the molecule is CNCCC(=O)N(Cc1cccc(F)c1)C1CC1. The zero-order chi connectivity index (χ0) is 13.0. The second kappa shape index (κ2) is 5.96. The van der Waals surface area contributed by atoms with Crippen molar-refractivity contribution < 1.29 is 9.18 Å². The zero-order valence-corrected chi connectivity index (χ0v) is 10.7. The standard InChI is InChI=1S/C14H19FN2O/c1-16-8-7-14(18)17(13-5-6-13)10-11-3-2-4-12(15)9-11/h2-4,9,13,16H,5-8,10H2,1H3.